The van der Waals surface area contributed by atoms with Crippen LogP contribution in [0, 0.1) is 5.92 Å². The summed E-state index contributed by atoms with van der Waals surface area (Å²) in [7, 11) is 0. The van der Waals surface area contributed by atoms with E-state index in [9.17, 15) is 9.90 Å². The van der Waals surface area contributed by atoms with Crippen LogP contribution in [0.2, 0.25) is 0 Å². The van der Waals surface area contributed by atoms with Crippen LogP contribution in [0.3, 0.4) is 0 Å². The van der Waals surface area contributed by atoms with E-state index in [4.69, 9.17) is 0 Å². The van der Waals surface area contributed by atoms with Gasteiger partial charge in [0.15, 0.2) is 0 Å². The Morgan fingerprint density at radius 1 is 0.577 bits per heavy atom. The van der Waals surface area contributed by atoms with Crippen molar-refractivity contribution in [2.45, 2.75) is 140 Å². The predicted molar refractivity (Wildman–Crippen MR) is 110 cm³/mol. The molecule has 2 rings (SSSR count). The minimum absolute atomic E-state index is 0.0927. The van der Waals surface area contributed by atoms with Crippen LogP contribution in [0.25, 0.3) is 0 Å². The van der Waals surface area contributed by atoms with Gasteiger partial charge in [0.25, 0.3) is 0 Å². The van der Waals surface area contributed by atoms with Crippen LogP contribution in [-0.4, -0.2) is 16.5 Å². The summed E-state index contributed by atoms with van der Waals surface area (Å²) < 4.78 is 0. The van der Waals surface area contributed by atoms with Crippen molar-refractivity contribution in [1.82, 2.24) is 0 Å². The average Bonchev–Trinajstić information content (AvgIpc) is 2.61. The first kappa shape index (κ1) is 21.9. The van der Waals surface area contributed by atoms with Crippen molar-refractivity contribution in [2.24, 2.45) is 5.92 Å². The molecule has 26 heavy (non-hydrogen) atoms. The van der Waals surface area contributed by atoms with E-state index in [2.05, 4.69) is 0 Å². The van der Waals surface area contributed by atoms with Crippen LogP contribution in [0.15, 0.2) is 0 Å². The van der Waals surface area contributed by atoms with Crippen molar-refractivity contribution in [1.29, 1.82) is 0 Å². The van der Waals surface area contributed by atoms with E-state index in [-0.39, 0.29) is 5.92 Å². The van der Waals surface area contributed by atoms with Crippen LogP contribution >= 0.6 is 0 Å². The lowest BCUT2D eigenvalue weighted by Gasteiger charge is -2.36. The van der Waals surface area contributed by atoms with Crippen molar-refractivity contribution < 1.29 is 9.90 Å². The van der Waals surface area contributed by atoms with Crippen molar-refractivity contribution in [2.75, 3.05) is 0 Å². The van der Waals surface area contributed by atoms with E-state index in [1.54, 1.807) is 0 Å². The van der Waals surface area contributed by atoms with E-state index in [1.807, 2.05) is 0 Å². The number of ketones is 1. The van der Waals surface area contributed by atoms with Gasteiger partial charge in [-0.15, -0.1) is 0 Å². The molecule has 0 radical (unpaired) electrons. The molecule has 0 heterocycles. The second-order valence-corrected chi connectivity index (χ2v) is 9.17. The van der Waals surface area contributed by atoms with Gasteiger partial charge in [0.1, 0.15) is 5.78 Å². The second-order valence-electron chi connectivity index (χ2n) is 9.17. The van der Waals surface area contributed by atoms with E-state index in [0.717, 1.165) is 44.9 Å². The van der Waals surface area contributed by atoms with Crippen molar-refractivity contribution >= 4 is 5.78 Å². The molecule has 2 fully saturated rings. The van der Waals surface area contributed by atoms with E-state index >= 15 is 0 Å². The molecule has 0 saturated heterocycles. The van der Waals surface area contributed by atoms with Gasteiger partial charge in [-0.05, 0) is 25.7 Å². The number of carbonyl (C=O) groups excluding carboxylic acids is 1. The maximum absolute atomic E-state index is 13.0. The summed E-state index contributed by atoms with van der Waals surface area (Å²) in [6, 6.07) is 0. The summed E-state index contributed by atoms with van der Waals surface area (Å²) >= 11 is 0. The zero-order valence-corrected chi connectivity index (χ0v) is 17.3. The van der Waals surface area contributed by atoms with Gasteiger partial charge in [0.05, 0.1) is 5.60 Å². The first-order valence-corrected chi connectivity index (χ1v) is 12.0. The molecule has 2 nitrogen and oxygen atoms in total. The molecule has 152 valence electrons. The lowest BCUT2D eigenvalue weighted by atomic mass is 9.73. The molecule has 2 aliphatic rings. The normalized spacial score (nSPS) is 28.8. The molecule has 2 heteroatoms. The van der Waals surface area contributed by atoms with Crippen molar-refractivity contribution in [3.05, 3.63) is 0 Å². The maximum Gasteiger partial charge on any atom is 0.138 e. The van der Waals surface area contributed by atoms with E-state index in [1.165, 1.54) is 83.5 Å². The fraction of sp³-hybridized carbons (Fsp3) is 0.958. The van der Waals surface area contributed by atoms with Crippen LogP contribution in [0.4, 0.5) is 0 Å². The SMILES string of the molecule is O=C1CCCCCCCCCCC1C1(O)CCCCCCCCCCC1. The highest BCUT2D eigenvalue weighted by Crippen LogP contribution is 2.36. The zero-order chi connectivity index (χ0) is 18.5. The van der Waals surface area contributed by atoms with E-state index < -0.39 is 5.60 Å². The number of aliphatic hydroxyl groups is 1. The minimum Gasteiger partial charge on any atom is -0.389 e. The van der Waals surface area contributed by atoms with Gasteiger partial charge in [-0.1, -0.05) is 103 Å². The van der Waals surface area contributed by atoms with Crippen molar-refractivity contribution in [3.8, 4) is 0 Å². The molecule has 1 atom stereocenters. The molecule has 1 N–H and O–H groups in total. The lowest BCUT2D eigenvalue weighted by molar-refractivity contribution is -0.135. The Morgan fingerprint density at radius 3 is 1.46 bits per heavy atom. The summed E-state index contributed by atoms with van der Waals surface area (Å²) in [6.07, 6.45) is 24.5. The Morgan fingerprint density at radius 2 is 0.962 bits per heavy atom. The number of carbonyl (C=O) groups is 1. The van der Waals surface area contributed by atoms with Gasteiger partial charge in [0, 0.05) is 12.3 Å². The summed E-state index contributed by atoms with van der Waals surface area (Å²) in [6.45, 7) is 0. The van der Waals surface area contributed by atoms with Gasteiger partial charge in [-0.2, -0.15) is 0 Å². The third-order valence-electron chi connectivity index (χ3n) is 6.92. The van der Waals surface area contributed by atoms with Gasteiger partial charge < -0.3 is 5.11 Å². The Hall–Kier alpha value is -0.370. The molecular formula is C24H44O2. The number of rotatable bonds is 1. The molecule has 0 amide bonds. The highest BCUT2D eigenvalue weighted by molar-refractivity contribution is 5.82. The smallest absolute Gasteiger partial charge is 0.138 e. The molecule has 0 spiro atoms. The van der Waals surface area contributed by atoms with Crippen LogP contribution < -0.4 is 0 Å². The minimum atomic E-state index is -0.722. The molecular weight excluding hydrogens is 320 g/mol. The standard InChI is InChI=1S/C24H44O2/c25-23-19-15-11-7-3-2-6-10-14-18-22(23)24(26)20-16-12-8-4-1-5-9-13-17-21-24/h22,26H,1-21H2. The highest BCUT2D eigenvalue weighted by atomic mass is 16.3. The lowest BCUT2D eigenvalue weighted by Crippen LogP contribution is -2.42. The number of hydrogen-bond acceptors (Lipinski definition) is 2. The first-order valence-electron chi connectivity index (χ1n) is 12.0. The summed E-state index contributed by atoms with van der Waals surface area (Å²) in [5.74, 6) is 0.282. The average molecular weight is 365 g/mol. The molecule has 0 aromatic heterocycles. The quantitative estimate of drug-likeness (QED) is 0.537. The molecule has 0 aliphatic heterocycles. The fourth-order valence-electron chi connectivity index (χ4n) is 5.19. The Balaban J connectivity index is 2.02. The Kier molecular flexibility index (Phi) is 10.9. The fourth-order valence-corrected chi connectivity index (χ4v) is 5.19. The maximum atomic E-state index is 13.0. The highest BCUT2D eigenvalue weighted by Gasteiger charge is 2.39. The van der Waals surface area contributed by atoms with E-state index in [0.29, 0.717) is 12.2 Å². The zero-order valence-electron chi connectivity index (χ0n) is 17.3. The molecule has 0 bridgehead atoms. The Bertz CT molecular complexity index is 364. The third-order valence-corrected chi connectivity index (χ3v) is 6.92. The first-order chi connectivity index (χ1) is 12.7. The van der Waals surface area contributed by atoms with Gasteiger partial charge >= 0.3 is 0 Å². The van der Waals surface area contributed by atoms with Crippen molar-refractivity contribution in [3.63, 3.8) is 0 Å². The molecule has 1 unspecified atom stereocenters. The van der Waals surface area contributed by atoms with Crippen LogP contribution in [0.1, 0.15) is 135 Å². The predicted octanol–water partition coefficient (Wildman–Crippen LogP) is 7.12. The molecule has 0 aromatic rings. The van der Waals surface area contributed by atoms with Gasteiger partial charge in [-0.25, -0.2) is 0 Å². The van der Waals surface area contributed by atoms with Crippen LogP contribution in [0.5, 0.6) is 0 Å². The second kappa shape index (κ2) is 12.9. The Labute approximate surface area is 162 Å². The summed E-state index contributed by atoms with van der Waals surface area (Å²) in [5, 5.41) is 11.6. The summed E-state index contributed by atoms with van der Waals surface area (Å²) in [5.41, 5.74) is -0.722. The molecule has 0 aromatic carbocycles. The summed E-state index contributed by atoms with van der Waals surface area (Å²) in [4.78, 5) is 13.0. The number of hydrogen-bond donors (Lipinski definition) is 1. The number of Topliss-reactive ketones (excluding diaryl/α,β-unsaturated/α-hetero) is 1. The molecule has 2 saturated carbocycles. The molecule has 2 aliphatic carbocycles. The topological polar surface area (TPSA) is 37.3 Å². The monoisotopic (exact) mass is 364 g/mol. The third kappa shape index (κ3) is 8.11. The largest absolute Gasteiger partial charge is 0.389 e. The van der Waals surface area contributed by atoms with Crippen LogP contribution in [-0.2, 0) is 4.79 Å². The van der Waals surface area contributed by atoms with Gasteiger partial charge in [-0.3, -0.25) is 4.79 Å². The van der Waals surface area contributed by atoms with Gasteiger partial charge in [0.2, 0.25) is 0 Å².